The quantitative estimate of drug-likeness (QED) is 0.799. The van der Waals surface area contributed by atoms with Crippen molar-refractivity contribution < 1.29 is 9.52 Å². The lowest BCUT2D eigenvalue weighted by Crippen LogP contribution is -2.14. The third-order valence-corrected chi connectivity index (χ3v) is 3.13. The van der Waals surface area contributed by atoms with Gasteiger partial charge in [-0.15, -0.1) is 0 Å². The van der Waals surface area contributed by atoms with Gasteiger partial charge < -0.3 is 9.52 Å². The highest BCUT2D eigenvalue weighted by Crippen LogP contribution is 2.29. The Morgan fingerprint density at radius 3 is 2.86 bits per heavy atom. The van der Waals surface area contributed by atoms with Gasteiger partial charge in [0.05, 0.1) is 18.6 Å². The molecule has 0 bridgehead atoms. The maximum absolute atomic E-state index is 9.84. The molecule has 1 unspecified atom stereocenters. The van der Waals surface area contributed by atoms with Gasteiger partial charge in [0.15, 0.2) is 0 Å². The molecule has 2 nitrogen and oxygen atoms in total. The summed E-state index contributed by atoms with van der Waals surface area (Å²) < 4.78 is 4.97. The number of aliphatic hydroxyl groups excluding tert-OH is 1. The van der Waals surface area contributed by atoms with Crippen molar-refractivity contribution in [3.63, 3.8) is 0 Å². The van der Waals surface area contributed by atoms with Crippen molar-refractivity contribution in [1.82, 2.24) is 0 Å². The van der Waals surface area contributed by atoms with Crippen LogP contribution in [0.15, 0.2) is 23.0 Å². The van der Waals surface area contributed by atoms with E-state index in [0.717, 1.165) is 24.3 Å². The van der Waals surface area contributed by atoms with Gasteiger partial charge in [-0.1, -0.05) is 25.7 Å². The second-order valence-electron chi connectivity index (χ2n) is 4.38. The van der Waals surface area contributed by atoms with Crippen LogP contribution < -0.4 is 0 Å². The Balaban J connectivity index is 1.75. The molecule has 0 aromatic carbocycles. The predicted octanol–water partition coefficient (Wildman–Crippen LogP) is 2.76. The van der Waals surface area contributed by atoms with E-state index in [1.807, 2.05) is 6.07 Å². The summed E-state index contributed by atoms with van der Waals surface area (Å²) in [6.45, 7) is 0. The Bertz CT molecular complexity index is 247. The third-order valence-electron chi connectivity index (χ3n) is 3.13. The summed E-state index contributed by atoms with van der Waals surface area (Å²) in [6.07, 6.45) is 10.2. The molecule has 1 fully saturated rings. The van der Waals surface area contributed by atoms with E-state index < -0.39 is 0 Å². The van der Waals surface area contributed by atoms with Crippen molar-refractivity contribution in [3.05, 3.63) is 24.2 Å². The fourth-order valence-corrected chi connectivity index (χ4v) is 2.40. The van der Waals surface area contributed by atoms with Crippen molar-refractivity contribution in [2.75, 3.05) is 0 Å². The summed E-state index contributed by atoms with van der Waals surface area (Å²) >= 11 is 0. The largest absolute Gasteiger partial charge is 0.472 e. The zero-order valence-electron chi connectivity index (χ0n) is 8.48. The minimum absolute atomic E-state index is 0.185. The van der Waals surface area contributed by atoms with E-state index in [1.165, 1.54) is 25.7 Å². The topological polar surface area (TPSA) is 33.4 Å². The first-order valence-electron chi connectivity index (χ1n) is 5.54. The zero-order valence-corrected chi connectivity index (χ0v) is 8.48. The van der Waals surface area contributed by atoms with Crippen LogP contribution >= 0.6 is 0 Å². The van der Waals surface area contributed by atoms with Gasteiger partial charge in [0.1, 0.15) is 0 Å². The monoisotopic (exact) mass is 194 g/mol. The summed E-state index contributed by atoms with van der Waals surface area (Å²) in [7, 11) is 0. The average molecular weight is 194 g/mol. The van der Waals surface area contributed by atoms with Gasteiger partial charge in [0.25, 0.3) is 0 Å². The second kappa shape index (κ2) is 4.65. The maximum atomic E-state index is 9.84. The van der Waals surface area contributed by atoms with Gasteiger partial charge in [0.2, 0.25) is 0 Å². The van der Waals surface area contributed by atoms with Crippen LogP contribution in [0.5, 0.6) is 0 Å². The first kappa shape index (κ1) is 9.78. The molecule has 0 radical (unpaired) electrons. The number of rotatable bonds is 4. The molecule has 1 aromatic rings. The number of aliphatic hydroxyl groups is 1. The molecule has 1 saturated carbocycles. The predicted molar refractivity (Wildman–Crippen MR) is 55.0 cm³/mol. The molecular weight excluding hydrogens is 176 g/mol. The molecule has 1 atom stereocenters. The molecule has 1 aliphatic rings. The summed E-state index contributed by atoms with van der Waals surface area (Å²) in [5, 5.41) is 9.84. The molecule has 0 amide bonds. The van der Waals surface area contributed by atoms with Crippen LogP contribution in [0.4, 0.5) is 0 Å². The summed E-state index contributed by atoms with van der Waals surface area (Å²) in [6, 6.07) is 1.93. The lowest BCUT2D eigenvalue weighted by atomic mass is 9.97. The van der Waals surface area contributed by atoms with Crippen LogP contribution in [0.3, 0.4) is 0 Å². The van der Waals surface area contributed by atoms with Gasteiger partial charge in [0, 0.05) is 6.42 Å². The molecule has 1 aliphatic carbocycles. The van der Waals surface area contributed by atoms with Crippen molar-refractivity contribution in [3.8, 4) is 0 Å². The lowest BCUT2D eigenvalue weighted by Gasteiger charge is -2.14. The molecule has 0 spiro atoms. The van der Waals surface area contributed by atoms with Crippen molar-refractivity contribution in [2.45, 2.75) is 44.6 Å². The molecule has 0 saturated heterocycles. The maximum Gasteiger partial charge on any atom is 0.0935 e. The Hall–Kier alpha value is -0.760. The molecule has 1 N–H and O–H groups in total. The molecule has 2 heteroatoms. The number of hydrogen-bond donors (Lipinski definition) is 1. The Kier molecular flexibility index (Phi) is 3.25. The molecule has 1 aromatic heterocycles. The van der Waals surface area contributed by atoms with E-state index in [9.17, 15) is 5.11 Å². The van der Waals surface area contributed by atoms with Crippen LogP contribution in [0.1, 0.15) is 37.7 Å². The van der Waals surface area contributed by atoms with Gasteiger partial charge >= 0.3 is 0 Å². The van der Waals surface area contributed by atoms with Crippen molar-refractivity contribution in [1.29, 1.82) is 0 Å². The summed E-state index contributed by atoms with van der Waals surface area (Å²) in [5.74, 6) is 0.761. The van der Waals surface area contributed by atoms with Crippen molar-refractivity contribution >= 4 is 0 Å². The van der Waals surface area contributed by atoms with Crippen molar-refractivity contribution in [2.24, 2.45) is 5.92 Å². The van der Waals surface area contributed by atoms with E-state index in [2.05, 4.69) is 0 Å². The van der Waals surface area contributed by atoms with Gasteiger partial charge in [-0.25, -0.2) is 0 Å². The normalized spacial score (nSPS) is 20.1. The second-order valence-corrected chi connectivity index (χ2v) is 4.38. The van der Waals surface area contributed by atoms with E-state index in [4.69, 9.17) is 4.42 Å². The zero-order chi connectivity index (χ0) is 9.80. The molecule has 2 rings (SSSR count). The fraction of sp³-hybridized carbons (Fsp3) is 0.667. The Labute approximate surface area is 84.9 Å². The molecule has 14 heavy (non-hydrogen) atoms. The van der Waals surface area contributed by atoms with E-state index in [0.29, 0.717) is 0 Å². The highest BCUT2D eigenvalue weighted by atomic mass is 16.3. The van der Waals surface area contributed by atoms with E-state index in [1.54, 1.807) is 12.5 Å². The molecular formula is C12H18O2. The van der Waals surface area contributed by atoms with Crippen LogP contribution in [0.25, 0.3) is 0 Å². The highest BCUT2D eigenvalue weighted by Gasteiger charge is 2.18. The lowest BCUT2D eigenvalue weighted by molar-refractivity contribution is 0.143. The van der Waals surface area contributed by atoms with E-state index in [-0.39, 0.29) is 6.10 Å². The Morgan fingerprint density at radius 2 is 2.21 bits per heavy atom. The van der Waals surface area contributed by atoms with Gasteiger partial charge in [-0.3, -0.25) is 0 Å². The number of hydrogen-bond acceptors (Lipinski definition) is 2. The van der Waals surface area contributed by atoms with Crippen LogP contribution in [0, 0.1) is 5.92 Å². The molecule has 1 heterocycles. The summed E-state index contributed by atoms with van der Waals surface area (Å²) in [4.78, 5) is 0. The minimum Gasteiger partial charge on any atom is -0.472 e. The Morgan fingerprint density at radius 1 is 1.43 bits per heavy atom. The van der Waals surface area contributed by atoms with E-state index >= 15 is 0 Å². The average Bonchev–Trinajstić information content (AvgIpc) is 2.76. The van der Waals surface area contributed by atoms with Gasteiger partial charge in [-0.05, 0) is 24.0 Å². The first-order chi connectivity index (χ1) is 6.84. The molecule has 0 aliphatic heterocycles. The number of furan rings is 1. The fourth-order valence-electron chi connectivity index (χ4n) is 2.40. The minimum atomic E-state index is -0.185. The SMILES string of the molecule is OC(Cc1ccoc1)CC1CCCC1. The summed E-state index contributed by atoms with van der Waals surface area (Å²) in [5.41, 5.74) is 1.11. The van der Waals surface area contributed by atoms with Crippen LogP contribution in [0.2, 0.25) is 0 Å². The van der Waals surface area contributed by atoms with Crippen LogP contribution in [-0.2, 0) is 6.42 Å². The van der Waals surface area contributed by atoms with Gasteiger partial charge in [-0.2, -0.15) is 0 Å². The van der Waals surface area contributed by atoms with Crippen LogP contribution in [-0.4, -0.2) is 11.2 Å². The smallest absolute Gasteiger partial charge is 0.0935 e. The molecule has 78 valence electrons. The third kappa shape index (κ3) is 2.61. The first-order valence-corrected chi connectivity index (χ1v) is 5.54. The standard InChI is InChI=1S/C12H18O2/c13-12(7-10-3-1-2-4-10)8-11-5-6-14-9-11/h5-6,9-10,12-13H,1-4,7-8H2. The highest BCUT2D eigenvalue weighted by molar-refractivity contribution is 5.06.